The Balaban J connectivity index is 0.000000150. The summed E-state index contributed by atoms with van der Waals surface area (Å²) in [6, 6.07) is 133. The maximum atomic E-state index is 2.38. The average molecular weight is 1160 g/mol. The molecule has 0 atom stereocenters. The highest BCUT2D eigenvalue weighted by Gasteiger charge is 2.22. The van der Waals surface area contributed by atoms with E-state index in [0.717, 1.165) is 79.6 Å². The minimum atomic E-state index is 1.11. The molecule has 0 aliphatic rings. The van der Waals surface area contributed by atoms with Crippen LogP contribution in [0.15, 0.2) is 376 Å². The monoisotopic (exact) mass is 1150 g/mol. The molecule has 0 saturated carbocycles. The van der Waals surface area contributed by atoms with Crippen molar-refractivity contribution in [2.45, 2.75) is 0 Å². The van der Waals surface area contributed by atoms with E-state index in [9.17, 15) is 0 Å². The highest BCUT2D eigenvalue weighted by molar-refractivity contribution is 6.13. The van der Waals surface area contributed by atoms with Gasteiger partial charge in [-0.3, -0.25) is 0 Å². The largest absolute Gasteiger partial charge is 0.310 e. The number of fused-ring (bicyclic) bond motifs is 6. The van der Waals surface area contributed by atoms with Gasteiger partial charge in [-0.25, -0.2) is 0 Å². The second kappa shape index (κ2) is 24.7. The summed E-state index contributed by atoms with van der Waals surface area (Å²) in [5, 5.41) is 4.80. The van der Waals surface area contributed by atoms with Crippen molar-refractivity contribution < 1.29 is 0 Å². The summed E-state index contributed by atoms with van der Waals surface area (Å²) in [5.41, 5.74) is 20.4. The fourth-order valence-electron chi connectivity index (χ4n) is 12.7. The first-order valence-electron chi connectivity index (χ1n) is 30.6. The molecule has 0 N–H and O–H groups in total. The number of nitrogens with zero attached hydrogens (tertiary/aromatic N) is 6. The summed E-state index contributed by atoms with van der Waals surface area (Å²) < 4.78 is 4.76. The summed E-state index contributed by atoms with van der Waals surface area (Å²) in [4.78, 5) is 9.31. The zero-order valence-corrected chi connectivity index (χ0v) is 49.5. The first-order chi connectivity index (χ1) is 44.7. The molecule has 14 aromatic carbocycles. The van der Waals surface area contributed by atoms with Crippen molar-refractivity contribution in [3.05, 3.63) is 376 Å². The van der Waals surface area contributed by atoms with E-state index in [1.54, 1.807) is 0 Å². The normalized spacial score (nSPS) is 11.1. The number of rotatable bonds is 14. The van der Waals surface area contributed by atoms with Gasteiger partial charge in [-0.15, -0.1) is 0 Å². The van der Waals surface area contributed by atoms with E-state index in [4.69, 9.17) is 0 Å². The van der Waals surface area contributed by atoms with Gasteiger partial charge in [-0.1, -0.05) is 182 Å². The molecule has 0 radical (unpaired) electrons. The Morgan fingerprint density at radius 2 is 0.300 bits per heavy atom. The summed E-state index contributed by atoms with van der Waals surface area (Å²) in [6.07, 6.45) is 0. The lowest BCUT2D eigenvalue weighted by Crippen LogP contribution is -2.09. The molecule has 0 saturated heterocycles. The number of para-hydroxylation sites is 10. The minimum Gasteiger partial charge on any atom is -0.310 e. The molecule has 16 aromatic rings. The van der Waals surface area contributed by atoms with Crippen LogP contribution in [0, 0.1) is 0 Å². The van der Waals surface area contributed by atoms with Crippen molar-refractivity contribution in [2.75, 3.05) is 19.6 Å². The van der Waals surface area contributed by atoms with E-state index in [2.05, 4.69) is 405 Å². The van der Waals surface area contributed by atoms with E-state index in [1.165, 1.54) is 43.6 Å². The molecule has 428 valence electrons. The first-order valence-corrected chi connectivity index (χ1v) is 30.6. The third-order valence-corrected chi connectivity index (χ3v) is 16.6. The predicted octanol–water partition coefficient (Wildman–Crippen LogP) is 23.4. The lowest BCUT2D eigenvalue weighted by molar-refractivity contribution is 1.18. The van der Waals surface area contributed by atoms with E-state index in [0.29, 0.717) is 0 Å². The lowest BCUT2D eigenvalue weighted by atomic mass is 10.1. The zero-order chi connectivity index (χ0) is 60.0. The van der Waals surface area contributed by atoms with Gasteiger partial charge in [0, 0.05) is 101 Å². The van der Waals surface area contributed by atoms with Gasteiger partial charge in [0.05, 0.1) is 22.1 Å². The molecule has 0 spiro atoms. The van der Waals surface area contributed by atoms with E-state index in [1.807, 2.05) is 0 Å². The number of anilines is 12. The number of hydrogen-bond acceptors (Lipinski definition) is 4. The zero-order valence-electron chi connectivity index (χ0n) is 49.5. The molecule has 0 fully saturated rings. The maximum absolute atomic E-state index is 2.38. The average Bonchev–Trinajstić information content (AvgIpc) is 1.67. The highest BCUT2D eigenvalue weighted by Crippen LogP contribution is 2.45. The van der Waals surface area contributed by atoms with Gasteiger partial charge in [0.1, 0.15) is 0 Å². The maximum Gasteiger partial charge on any atom is 0.0542 e. The Bertz CT molecular complexity index is 4270. The molecule has 2 heterocycles. The fourth-order valence-corrected chi connectivity index (χ4v) is 12.7. The van der Waals surface area contributed by atoms with Gasteiger partial charge < -0.3 is 28.7 Å². The molecule has 0 aliphatic carbocycles. The van der Waals surface area contributed by atoms with Crippen LogP contribution in [0.5, 0.6) is 0 Å². The molecule has 2 aromatic heterocycles. The Morgan fingerprint density at radius 3 is 0.467 bits per heavy atom. The Hall–Kier alpha value is -12.1. The number of hydrogen-bond donors (Lipinski definition) is 0. The van der Waals surface area contributed by atoms with Crippen molar-refractivity contribution >= 4 is 112 Å². The van der Waals surface area contributed by atoms with Gasteiger partial charge in [-0.05, 0) is 194 Å². The summed E-state index contributed by atoms with van der Waals surface area (Å²) >= 11 is 0. The van der Waals surface area contributed by atoms with Crippen LogP contribution in [-0.2, 0) is 0 Å². The molecule has 0 unspecified atom stereocenters. The highest BCUT2D eigenvalue weighted by atomic mass is 15.2. The van der Waals surface area contributed by atoms with E-state index in [-0.39, 0.29) is 0 Å². The molecule has 6 nitrogen and oxygen atoms in total. The SMILES string of the molecule is c1ccc(N(c2ccccc2)c2ccc3c(c2)c2cc(N(c4ccccc4)c4ccccc4)ccc2n3-c2ccccc2)cc1.c1ccc(N(c2ccccc2)c2ccc3c(c2)c2cc(N(c4ccccc4)c4ccccc4)ccc2n3-c2ccccc2)cc1. The topological polar surface area (TPSA) is 22.8 Å². The van der Waals surface area contributed by atoms with Crippen LogP contribution in [0.1, 0.15) is 0 Å². The lowest BCUT2D eigenvalue weighted by Gasteiger charge is -2.26. The number of aromatic nitrogens is 2. The molecule has 0 bridgehead atoms. The smallest absolute Gasteiger partial charge is 0.0542 e. The van der Waals surface area contributed by atoms with E-state index >= 15 is 0 Å². The minimum absolute atomic E-state index is 1.11. The summed E-state index contributed by atoms with van der Waals surface area (Å²) in [7, 11) is 0. The van der Waals surface area contributed by atoms with Crippen molar-refractivity contribution in [3.63, 3.8) is 0 Å². The quantitative estimate of drug-likeness (QED) is 0.108. The van der Waals surface area contributed by atoms with Gasteiger partial charge in [0.2, 0.25) is 0 Å². The van der Waals surface area contributed by atoms with Crippen LogP contribution in [0.2, 0.25) is 0 Å². The summed E-state index contributed by atoms with van der Waals surface area (Å²) in [6.45, 7) is 0. The molecular formula is C84H62N6. The second-order valence-corrected chi connectivity index (χ2v) is 22.2. The number of benzene rings is 14. The van der Waals surface area contributed by atoms with Gasteiger partial charge in [-0.2, -0.15) is 0 Å². The Morgan fingerprint density at radius 1 is 0.144 bits per heavy atom. The molecule has 0 aliphatic heterocycles. The van der Waals surface area contributed by atoms with Gasteiger partial charge >= 0.3 is 0 Å². The van der Waals surface area contributed by atoms with Crippen LogP contribution in [0.4, 0.5) is 68.2 Å². The van der Waals surface area contributed by atoms with Gasteiger partial charge in [0.25, 0.3) is 0 Å². The van der Waals surface area contributed by atoms with E-state index < -0.39 is 0 Å². The molecule has 90 heavy (non-hydrogen) atoms. The third kappa shape index (κ3) is 10.6. The van der Waals surface area contributed by atoms with Crippen LogP contribution in [-0.4, -0.2) is 9.13 Å². The predicted molar refractivity (Wildman–Crippen MR) is 380 cm³/mol. The Kier molecular flexibility index (Phi) is 15.0. The fraction of sp³-hybridized carbons (Fsp3) is 0. The van der Waals surface area contributed by atoms with Crippen LogP contribution >= 0.6 is 0 Å². The standard InChI is InChI=1S/2C42H31N3/c2*1-6-16-32(17-7-1)43(33-18-8-2-9-19-33)37-26-28-41-39(30-37)40-31-38(27-29-42(40)45(41)36-24-14-5-15-25-36)44(34-20-10-3-11-21-34)35-22-12-4-13-23-35/h2*1-31H. The molecule has 16 rings (SSSR count). The summed E-state index contributed by atoms with van der Waals surface area (Å²) in [5.74, 6) is 0. The molecule has 6 heteroatoms. The van der Waals surface area contributed by atoms with Crippen molar-refractivity contribution in [1.82, 2.24) is 9.13 Å². The third-order valence-electron chi connectivity index (χ3n) is 16.6. The van der Waals surface area contributed by atoms with Crippen molar-refractivity contribution in [1.29, 1.82) is 0 Å². The van der Waals surface area contributed by atoms with Crippen molar-refractivity contribution in [3.8, 4) is 11.4 Å². The molecule has 0 amide bonds. The van der Waals surface area contributed by atoms with Crippen molar-refractivity contribution in [2.24, 2.45) is 0 Å². The molecular weight excluding hydrogens is 1090 g/mol. The van der Waals surface area contributed by atoms with Gasteiger partial charge in [0.15, 0.2) is 0 Å². The second-order valence-electron chi connectivity index (χ2n) is 22.2. The first kappa shape index (κ1) is 54.5. The Labute approximate surface area is 525 Å². The van der Waals surface area contributed by atoms with Crippen LogP contribution < -0.4 is 19.6 Å². The van der Waals surface area contributed by atoms with Crippen LogP contribution in [0.25, 0.3) is 55.0 Å². The van der Waals surface area contributed by atoms with Crippen LogP contribution in [0.3, 0.4) is 0 Å².